The highest BCUT2D eigenvalue weighted by Crippen LogP contribution is 2.24. The van der Waals surface area contributed by atoms with Crippen molar-refractivity contribution < 1.29 is 8.42 Å². The molecule has 0 saturated carbocycles. The van der Waals surface area contributed by atoms with Crippen molar-refractivity contribution in [2.45, 2.75) is 11.8 Å². The minimum Gasteiger partial charge on any atom is -0.306 e. The van der Waals surface area contributed by atoms with E-state index in [0.717, 1.165) is 22.5 Å². The largest absolute Gasteiger partial charge is 0.306 e. The van der Waals surface area contributed by atoms with Gasteiger partial charge in [-0.25, -0.2) is 13.4 Å². The Balaban J connectivity index is 1.58. The maximum absolute atomic E-state index is 12.5. The van der Waals surface area contributed by atoms with Gasteiger partial charge in [-0.05, 0) is 55.0 Å². The summed E-state index contributed by atoms with van der Waals surface area (Å²) in [5.74, 6) is 0. The van der Waals surface area contributed by atoms with E-state index in [1.54, 1.807) is 12.1 Å². The molecule has 1 N–H and O–H groups in total. The monoisotopic (exact) mass is 388 g/mol. The highest BCUT2D eigenvalue weighted by molar-refractivity contribution is 7.92. The van der Waals surface area contributed by atoms with Crippen molar-refractivity contribution in [2.24, 2.45) is 0 Å². The summed E-state index contributed by atoms with van der Waals surface area (Å²) in [7, 11) is -3.72. The Morgan fingerprint density at radius 1 is 1.04 bits per heavy atom. The zero-order valence-corrected chi connectivity index (χ0v) is 15.8. The highest BCUT2D eigenvalue weighted by Gasteiger charge is 2.14. The molecule has 0 aliphatic heterocycles. The average molecular weight is 388 g/mol. The van der Waals surface area contributed by atoms with Gasteiger partial charge >= 0.3 is 0 Å². The van der Waals surface area contributed by atoms with Gasteiger partial charge in [0, 0.05) is 23.6 Å². The molecule has 0 atom stereocenters. The highest BCUT2D eigenvalue weighted by atomic mass is 32.2. The number of imidazole rings is 1. The number of sulfonamides is 1. The lowest BCUT2D eigenvalue weighted by Crippen LogP contribution is -2.12. The number of nitrogens with one attached hydrogen (secondary N) is 1. The summed E-state index contributed by atoms with van der Waals surface area (Å²) in [6.07, 6.45) is 3.89. The van der Waals surface area contributed by atoms with Crippen LogP contribution in [0.15, 0.2) is 78.0 Å². The molecule has 0 amide bonds. The normalized spacial score (nSPS) is 11.3. The van der Waals surface area contributed by atoms with Gasteiger partial charge in [0.1, 0.15) is 5.65 Å². The molecule has 6 nitrogen and oxygen atoms in total. The standard InChI is InChI=1S/C21H16N4O2S/c1-15-3-2-12-25-14-20(23-21(15)25)17-6-8-18(9-7-17)24-28(26,27)19-10-4-16(13-22)5-11-19/h2-12,14,24H,1H3. The third-order valence-corrected chi connectivity index (χ3v) is 5.80. The van der Waals surface area contributed by atoms with Crippen LogP contribution in [-0.2, 0) is 10.0 Å². The molecule has 7 heteroatoms. The molecule has 0 aliphatic carbocycles. The molecule has 2 aromatic heterocycles. The zero-order valence-electron chi connectivity index (χ0n) is 15.0. The first-order valence-electron chi connectivity index (χ1n) is 8.54. The lowest BCUT2D eigenvalue weighted by molar-refractivity contribution is 0.601. The van der Waals surface area contributed by atoms with E-state index in [0.29, 0.717) is 11.3 Å². The molecule has 4 rings (SSSR count). The van der Waals surface area contributed by atoms with Crippen LogP contribution < -0.4 is 4.72 Å². The average Bonchev–Trinajstić information content (AvgIpc) is 3.14. The van der Waals surface area contributed by atoms with Crippen molar-refractivity contribution in [3.05, 3.63) is 84.2 Å². The molecule has 0 aliphatic rings. The molecule has 138 valence electrons. The fraction of sp³-hybridized carbons (Fsp3) is 0.0476. The van der Waals surface area contributed by atoms with E-state index in [-0.39, 0.29) is 4.90 Å². The quantitative estimate of drug-likeness (QED) is 0.573. The predicted molar refractivity (Wildman–Crippen MR) is 107 cm³/mol. The summed E-state index contributed by atoms with van der Waals surface area (Å²) in [6, 6.07) is 18.8. The van der Waals surface area contributed by atoms with E-state index in [1.165, 1.54) is 24.3 Å². The number of benzene rings is 2. The molecule has 0 unspecified atom stereocenters. The van der Waals surface area contributed by atoms with E-state index in [2.05, 4.69) is 9.71 Å². The fourth-order valence-corrected chi connectivity index (χ4v) is 3.98. The van der Waals surface area contributed by atoms with Gasteiger partial charge in [-0.2, -0.15) is 5.26 Å². The summed E-state index contributed by atoms with van der Waals surface area (Å²) >= 11 is 0. The van der Waals surface area contributed by atoms with Crippen molar-refractivity contribution in [1.82, 2.24) is 9.38 Å². The molecular weight excluding hydrogens is 372 g/mol. The Bertz CT molecular complexity index is 1300. The van der Waals surface area contributed by atoms with Crippen LogP contribution in [0.25, 0.3) is 16.9 Å². The van der Waals surface area contributed by atoms with Crippen LogP contribution in [0.1, 0.15) is 11.1 Å². The molecule has 2 aromatic carbocycles. The number of nitriles is 1. The second kappa shape index (κ2) is 6.83. The van der Waals surface area contributed by atoms with Gasteiger partial charge in [0.15, 0.2) is 0 Å². The van der Waals surface area contributed by atoms with E-state index >= 15 is 0 Å². The van der Waals surface area contributed by atoms with Crippen molar-refractivity contribution >= 4 is 21.4 Å². The number of aryl methyl sites for hydroxylation is 1. The number of anilines is 1. The molecule has 2 heterocycles. The van der Waals surface area contributed by atoms with Gasteiger partial charge in [0.25, 0.3) is 10.0 Å². The minimum absolute atomic E-state index is 0.103. The Morgan fingerprint density at radius 2 is 1.75 bits per heavy atom. The molecule has 28 heavy (non-hydrogen) atoms. The van der Waals surface area contributed by atoms with Gasteiger partial charge in [0.05, 0.1) is 22.2 Å². The topological polar surface area (TPSA) is 87.3 Å². The van der Waals surface area contributed by atoms with Crippen molar-refractivity contribution in [2.75, 3.05) is 4.72 Å². The van der Waals surface area contributed by atoms with Crippen LogP contribution in [-0.4, -0.2) is 17.8 Å². The smallest absolute Gasteiger partial charge is 0.261 e. The van der Waals surface area contributed by atoms with Crippen molar-refractivity contribution in [3.63, 3.8) is 0 Å². The van der Waals surface area contributed by atoms with Crippen molar-refractivity contribution in [3.8, 4) is 17.3 Å². The first-order valence-corrected chi connectivity index (χ1v) is 10.0. The van der Waals surface area contributed by atoms with E-state index < -0.39 is 10.0 Å². The number of nitrogens with zero attached hydrogens (tertiary/aromatic N) is 3. The SMILES string of the molecule is Cc1cccn2cc(-c3ccc(NS(=O)(=O)c4ccc(C#N)cc4)cc3)nc12. The summed E-state index contributed by atoms with van der Waals surface area (Å²) in [6.45, 7) is 2.01. The van der Waals surface area contributed by atoms with Gasteiger partial charge in [0.2, 0.25) is 0 Å². The third-order valence-electron chi connectivity index (χ3n) is 4.40. The Morgan fingerprint density at radius 3 is 2.39 bits per heavy atom. The lowest BCUT2D eigenvalue weighted by Gasteiger charge is -2.08. The molecular formula is C21H16N4O2S. The first kappa shape index (κ1) is 17.8. The van der Waals surface area contributed by atoms with Crippen LogP contribution in [0, 0.1) is 18.3 Å². The Labute approximate surface area is 162 Å². The van der Waals surface area contributed by atoms with Crippen LogP contribution in [0.5, 0.6) is 0 Å². The van der Waals surface area contributed by atoms with Crippen LogP contribution in [0.2, 0.25) is 0 Å². The number of rotatable bonds is 4. The first-order chi connectivity index (χ1) is 13.5. The van der Waals surface area contributed by atoms with Crippen LogP contribution in [0.4, 0.5) is 5.69 Å². The van der Waals surface area contributed by atoms with Gasteiger partial charge < -0.3 is 4.40 Å². The Hall–Kier alpha value is -3.63. The second-order valence-electron chi connectivity index (χ2n) is 6.37. The van der Waals surface area contributed by atoms with Gasteiger partial charge in [-0.3, -0.25) is 4.72 Å². The molecule has 0 radical (unpaired) electrons. The maximum atomic E-state index is 12.5. The number of aromatic nitrogens is 2. The second-order valence-corrected chi connectivity index (χ2v) is 8.05. The van der Waals surface area contributed by atoms with Crippen molar-refractivity contribution in [1.29, 1.82) is 5.26 Å². The molecule has 0 spiro atoms. The van der Waals surface area contributed by atoms with Gasteiger partial charge in [-0.15, -0.1) is 0 Å². The minimum atomic E-state index is -3.72. The van der Waals surface area contributed by atoms with E-state index in [1.807, 2.05) is 54.1 Å². The van der Waals surface area contributed by atoms with Crippen LogP contribution in [0.3, 0.4) is 0 Å². The van der Waals surface area contributed by atoms with Crippen LogP contribution >= 0.6 is 0 Å². The number of hydrogen-bond donors (Lipinski definition) is 1. The number of hydrogen-bond acceptors (Lipinski definition) is 4. The zero-order chi connectivity index (χ0) is 19.7. The Kier molecular flexibility index (Phi) is 4.34. The number of fused-ring (bicyclic) bond motifs is 1. The predicted octanol–water partition coefficient (Wildman–Crippen LogP) is 3.98. The van der Waals surface area contributed by atoms with E-state index in [9.17, 15) is 8.42 Å². The summed E-state index contributed by atoms with van der Waals surface area (Å²) < 4.78 is 29.5. The summed E-state index contributed by atoms with van der Waals surface area (Å²) in [5.41, 5.74) is 4.54. The maximum Gasteiger partial charge on any atom is 0.261 e. The molecule has 4 aromatic rings. The summed E-state index contributed by atoms with van der Waals surface area (Å²) in [4.78, 5) is 4.75. The molecule has 0 bridgehead atoms. The lowest BCUT2D eigenvalue weighted by atomic mass is 10.1. The number of pyridine rings is 1. The van der Waals surface area contributed by atoms with E-state index in [4.69, 9.17) is 5.26 Å². The third kappa shape index (κ3) is 3.33. The molecule has 0 fully saturated rings. The molecule has 0 saturated heterocycles. The fourth-order valence-electron chi connectivity index (χ4n) is 2.92. The van der Waals surface area contributed by atoms with Gasteiger partial charge in [-0.1, -0.05) is 18.2 Å². The summed E-state index contributed by atoms with van der Waals surface area (Å²) in [5, 5.41) is 8.83.